The van der Waals surface area contributed by atoms with Gasteiger partial charge in [-0.1, -0.05) is 6.07 Å². The molecule has 0 bridgehead atoms. The van der Waals surface area contributed by atoms with Gasteiger partial charge in [0, 0.05) is 11.3 Å². The fraction of sp³-hybridized carbons (Fsp3) is 0.143. The van der Waals surface area contributed by atoms with Gasteiger partial charge in [-0.2, -0.15) is 0 Å². The molecule has 6 heteroatoms. The zero-order valence-electron chi connectivity index (χ0n) is 10.8. The molecule has 2 amide bonds. The lowest BCUT2D eigenvalue weighted by Gasteiger charge is -2.07. The highest BCUT2D eigenvalue weighted by atomic mass is 16.3. The molecular formula is C14H15N3O3. The highest BCUT2D eigenvalue weighted by Crippen LogP contribution is 2.09. The van der Waals surface area contributed by atoms with Gasteiger partial charge in [0.05, 0.1) is 19.4 Å². The number of hydrogen-bond acceptors (Lipinski definition) is 4. The van der Waals surface area contributed by atoms with E-state index in [4.69, 9.17) is 10.2 Å². The molecule has 0 aliphatic carbocycles. The van der Waals surface area contributed by atoms with Crippen LogP contribution < -0.4 is 16.4 Å². The SMILES string of the molecule is NC(=O)c1cccc(NCC(=O)NCc2ccco2)c1. The molecular weight excluding hydrogens is 258 g/mol. The fourth-order valence-corrected chi connectivity index (χ4v) is 1.63. The van der Waals surface area contributed by atoms with Gasteiger partial charge in [0.1, 0.15) is 5.76 Å². The molecule has 0 spiro atoms. The molecule has 0 radical (unpaired) electrons. The van der Waals surface area contributed by atoms with Gasteiger partial charge >= 0.3 is 0 Å². The van der Waals surface area contributed by atoms with E-state index in [2.05, 4.69) is 10.6 Å². The third-order valence-corrected chi connectivity index (χ3v) is 2.64. The summed E-state index contributed by atoms with van der Waals surface area (Å²) in [5.41, 5.74) is 6.24. The van der Waals surface area contributed by atoms with Crippen LogP contribution in [-0.4, -0.2) is 18.4 Å². The predicted octanol–water partition coefficient (Wildman–Crippen LogP) is 1.11. The zero-order chi connectivity index (χ0) is 14.4. The number of rotatable bonds is 6. The average Bonchev–Trinajstić information content (AvgIpc) is 2.96. The molecule has 0 atom stereocenters. The van der Waals surface area contributed by atoms with Gasteiger partial charge in [0.25, 0.3) is 0 Å². The van der Waals surface area contributed by atoms with E-state index >= 15 is 0 Å². The van der Waals surface area contributed by atoms with E-state index < -0.39 is 5.91 Å². The normalized spacial score (nSPS) is 10.0. The summed E-state index contributed by atoms with van der Waals surface area (Å²) in [6.07, 6.45) is 1.55. The Kier molecular flexibility index (Phi) is 4.39. The van der Waals surface area contributed by atoms with Crippen molar-refractivity contribution in [2.45, 2.75) is 6.54 Å². The van der Waals surface area contributed by atoms with Gasteiger partial charge in [0.2, 0.25) is 11.8 Å². The molecule has 1 aromatic carbocycles. The van der Waals surface area contributed by atoms with Gasteiger partial charge in [-0.15, -0.1) is 0 Å². The van der Waals surface area contributed by atoms with Crippen LogP contribution in [0.15, 0.2) is 47.1 Å². The van der Waals surface area contributed by atoms with Crippen LogP contribution in [0.25, 0.3) is 0 Å². The maximum atomic E-state index is 11.6. The first kappa shape index (κ1) is 13.7. The summed E-state index contributed by atoms with van der Waals surface area (Å²) in [4.78, 5) is 22.7. The summed E-state index contributed by atoms with van der Waals surface area (Å²) < 4.78 is 5.10. The van der Waals surface area contributed by atoms with Crippen LogP contribution in [-0.2, 0) is 11.3 Å². The van der Waals surface area contributed by atoms with Gasteiger partial charge in [-0.05, 0) is 30.3 Å². The van der Waals surface area contributed by atoms with Gasteiger partial charge in [-0.25, -0.2) is 0 Å². The smallest absolute Gasteiger partial charge is 0.248 e. The minimum Gasteiger partial charge on any atom is -0.467 e. The topological polar surface area (TPSA) is 97.4 Å². The number of nitrogens with two attached hydrogens (primary N) is 1. The summed E-state index contributed by atoms with van der Waals surface area (Å²) in [6.45, 7) is 0.442. The molecule has 0 unspecified atom stereocenters. The molecule has 104 valence electrons. The Morgan fingerprint density at radius 1 is 1.20 bits per heavy atom. The lowest BCUT2D eigenvalue weighted by molar-refractivity contribution is -0.119. The Hall–Kier alpha value is -2.76. The van der Waals surface area contributed by atoms with E-state index in [1.54, 1.807) is 42.7 Å². The Bertz CT molecular complexity index is 593. The molecule has 0 aliphatic rings. The lowest BCUT2D eigenvalue weighted by Crippen LogP contribution is -2.29. The molecule has 0 saturated carbocycles. The lowest BCUT2D eigenvalue weighted by atomic mass is 10.2. The number of nitrogens with one attached hydrogen (secondary N) is 2. The average molecular weight is 273 g/mol. The maximum absolute atomic E-state index is 11.6. The first-order valence-corrected chi connectivity index (χ1v) is 6.08. The van der Waals surface area contributed by atoms with E-state index in [9.17, 15) is 9.59 Å². The quantitative estimate of drug-likeness (QED) is 0.734. The second-order valence-electron chi connectivity index (χ2n) is 4.15. The fourth-order valence-electron chi connectivity index (χ4n) is 1.63. The summed E-state index contributed by atoms with van der Waals surface area (Å²) in [7, 11) is 0. The summed E-state index contributed by atoms with van der Waals surface area (Å²) in [6, 6.07) is 10.2. The molecule has 0 fully saturated rings. The number of carbonyl (C=O) groups excluding carboxylic acids is 2. The molecule has 1 aromatic heterocycles. The second kappa shape index (κ2) is 6.42. The van der Waals surface area contributed by atoms with E-state index in [0.29, 0.717) is 23.6 Å². The van der Waals surface area contributed by atoms with Crippen LogP contribution in [0.3, 0.4) is 0 Å². The van der Waals surface area contributed by atoms with Gasteiger partial charge in [-0.3, -0.25) is 9.59 Å². The maximum Gasteiger partial charge on any atom is 0.248 e. The number of primary amides is 1. The second-order valence-corrected chi connectivity index (χ2v) is 4.15. The van der Waals surface area contributed by atoms with Crippen molar-refractivity contribution in [3.63, 3.8) is 0 Å². The van der Waals surface area contributed by atoms with Crippen molar-refractivity contribution < 1.29 is 14.0 Å². The number of carbonyl (C=O) groups is 2. The zero-order valence-corrected chi connectivity index (χ0v) is 10.8. The Morgan fingerprint density at radius 2 is 2.05 bits per heavy atom. The molecule has 1 heterocycles. The van der Waals surface area contributed by atoms with Crippen LogP contribution >= 0.6 is 0 Å². The van der Waals surface area contributed by atoms with Crippen LogP contribution in [0.4, 0.5) is 5.69 Å². The monoisotopic (exact) mass is 273 g/mol. The van der Waals surface area contributed by atoms with Gasteiger partial charge in [0.15, 0.2) is 0 Å². The Morgan fingerprint density at radius 3 is 2.75 bits per heavy atom. The molecule has 4 N–H and O–H groups in total. The van der Waals surface area contributed by atoms with E-state index in [-0.39, 0.29) is 12.5 Å². The van der Waals surface area contributed by atoms with E-state index in [1.165, 1.54) is 0 Å². The molecule has 2 rings (SSSR count). The third-order valence-electron chi connectivity index (χ3n) is 2.64. The Balaban J connectivity index is 1.81. The molecule has 0 saturated heterocycles. The number of benzene rings is 1. The van der Waals surface area contributed by atoms with Crippen molar-refractivity contribution >= 4 is 17.5 Å². The van der Waals surface area contributed by atoms with Crippen molar-refractivity contribution in [2.75, 3.05) is 11.9 Å². The Labute approximate surface area is 116 Å². The number of furan rings is 1. The summed E-state index contributed by atoms with van der Waals surface area (Å²) >= 11 is 0. The minimum absolute atomic E-state index is 0.100. The number of amides is 2. The van der Waals surface area contributed by atoms with Gasteiger partial charge < -0.3 is 20.8 Å². The van der Waals surface area contributed by atoms with Crippen molar-refractivity contribution in [1.29, 1.82) is 0 Å². The highest BCUT2D eigenvalue weighted by Gasteiger charge is 2.04. The summed E-state index contributed by atoms with van der Waals surface area (Å²) in [5, 5.41) is 5.63. The van der Waals surface area contributed by atoms with Crippen LogP contribution in [0.5, 0.6) is 0 Å². The van der Waals surface area contributed by atoms with Crippen molar-refractivity contribution in [1.82, 2.24) is 5.32 Å². The highest BCUT2D eigenvalue weighted by molar-refractivity contribution is 5.93. The van der Waals surface area contributed by atoms with E-state index in [0.717, 1.165) is 0 Å². The van der Waals surface area contributed by atoms with Crippen molar-refractivity contribution in [2.24, 2.45) is 5.73 Å². The number of hydrogen-bond donors (Lipinski definition) is 3. The first-order valence-electron chi connectivity index (χ1n) is 6.08. The predicted molar refractivity (Wildman–Crippen MR) is 74.0 cm³/mol. The summed E-state index contributed by atoms with van der Waals surface area (Å²) in [5.74, 6) is 0.0101. The molecule has 20 heavy (non-hydrogen) atoms. The van der Waals surface area contributed by atoms with Crippen LogP contribution in [0.1, 0.15) is 16.1 Å². The van der Waals surface area contributed by atoms with E-state index in [1.807, 2.05) is 0 Å². The largest absolute Gasteiger partial charge is 0.467 e. The first-order chi connectivity index (χ1) is 9.65. The van der Waals surface area contributed by atoms with Crippen LogP contribution in [0.2, 0.25) is 0 Å². The van der Waals surface area contributed by atoms with Crippen LogP contribution in [0, 0.1) is 0 Å². The molecule has 6 nitrogen and oxygen atoms in total. The third kappa shape index (κ3) is 3.88. The minimum atomic E-state index is -0.504. The molecule has 0 aliphatic heterocycles. The molecule has 2 aromatic rings. The van der Waals surface area contributed by atoms with Crippen molar-refractivity contribution in [3.05, 3.63) is 54.0 Å². The number of anilines is 1. The van der Waals surface area contributed by atoms with Crippen molar-refractivity contribution in [3.8, 4) is 0 Å². The standard InChI is InChI=1S/C14H15N3O3/c15-14(19)10-3-1-4-11(7-10)16-9-13(18)17-8-12-5-2-6-20-12/h1-7,16H,8-9H2,(H2,15,19)(H,17,18).